The van der Waals surface area contributed by atoms with Crippen molar-refractivity contribution in [3.8, 4) is 0 Å². The molecule has 0 saturated carbocycles. The topological polar surface area (TPSA) is 41.6 Å². The molecule has 1 fully saturated rings. The highest BCUT2D eigenvalue weighted by Gasteiger charge is 2.10. The lowest BCUT2D eigenvalue weighted by Gasteiger charge is -2.27. The van der Waals surface area contributed by atoms with Crippen molar-refractivity contribution >= 4 is 6.41 Å². The molecule has 1 heterocycles. The van der Waals surface area contributed by atoms with Gasteiger partial charge in [0.2, 0.25) is 0 Å². The number of amides is 1. The first-order valence-corrected chi connectivity index (χ1v) is 4.75. The second-order valence-corrected chi connectivity index (χ2v) is 3.39. The molecule has 75 valence electrons. The van der Waals surface area contributed by atoms with Gasteiger partial charge in [0.25, 0.3) is 0 Å². The van der Waals surface area contributed by atoms with Gasteiger partial charge in [0.15, 0.2) is 0 Å². The highest BCUT2D eigenvalue weighted by atomic mass is 16.5. The molecule has 13 heavy (non-hydrogen) atoms. The van der Waals surface area contributed by atoms with Crippen LogP contribution in [0.3, 0.4) is 0 Å². The van der Waals surface area contributed by atoms with E-state index in [1.807, 2.05) is 6.92 Å². The minimum absolute atomic E-state index is 0.223. The predicted molar refractivity (Wildman–Crippen MR) is 50.2 cm³/mol. The molecule has 1 atom stereocenters. The quantitative estimate of drug-likeness (QED) is 0.601. The first-order chi connectivity index (χ1) is 6.33. The Morgan fingerprint density at radius 3 is 2.85 bits per heavy atom. The third kappa shape index (κ3) is 4.24. The lowest BCUT2D eigenvalue weighted by Crippen LogP contribution is -2.39. The third-order valence-corrected chi connectivity index (χ3v) is 2.29. The molecule has 1 rings (SSSR count). The van der Waals surface area contributed by atoms with Crippen molar-refractivity contribution in [2.75, 3.05) is 32.8 Å². The Morgan fingerprint density at radius 2 is 2.23 bits per heavy atom. The van der Waals surface area contributed by atoms with Crippen LogP contribution in [0, 0.1) is 0 Å². The maximum Gasteiger partial charge on any atom is 0.309 e. The predicted octanol–water partition coefficient (Wildman–Crippen LogP) is -0.246. The van der Waals surface area contributed by atoms with Crippen molar-refractivity contribution < 1.29 is 9.53 Å². The number of nitrogens with zero attached hydrogens (tertiary/aromatic N) is 1. The normalized spacial score (nSPS) is 21.0. The SMILES string of the molecule is CC(CCN1CCOCC1)N[C]=O. The molecule has 0 spiro atoms. The fourth-order valence-electron chi connectivity index (χ4n) is 1.37. The van der Waals surface area contributed by atoms with E-state index >= 15 is 0 Å². The second kappa shape index (κ2) is 5.94. The standard InChI is InChI=1S/C9H17N2O2/c1-9(10-8-12)2-3-11-4-6-13-7-5-11/h9H,2-7H2,1H3,(H,10,12). The molecule has 0 aromatic heterocycles. The summed E-state index contributed by atoms with van der Waals surface area (Å²) in [6.45, 7) is 6.71. The van der Waals surface area contributed by atoms with Gasteiger partial charge in [-0.1, -0.05) is 0 Å². The summed E-state index contributed by atoms with van der Waals surface area (Å²) in [6, 6.07) is 0.223. The van der Waals surface area contributed by atoms with Gasteiger partial charge in [0, 0.05) is 25.7 Å². The van der Waals surface area contributed by atoms with Crippen LogP contribution in [0.1, 0.15) is 13.3 Å². The Hall–Kier alpha value is -0.610. The lowest BCUT2D eigenvalue weighted by molar-refractivity contribution is 0.0366. The van der Waals surface area contributed by atoms with Crippen molar-refractivity contribution in [3.05, 3.63) is 0 Å². The molecule has 1 N–H and O–H groups in total. The molecule has 0 bridgehead atoms. The fraction of sp³-hybridized carbons (Fsp3) is 0.889. The summed E-state index contributed by atoms with van der Waals surface area (Å²) < 4.78 is 5.23. The molecule has 0 aliphatic carbocycles. The van der Waals surface area contributed by atoms with Gasteiger partial charge in [0.05, 0.1) is 13.2 Å². The first-order valence-electron chi connectivity index (χ1n) is 4.75. The van der Waals surface area contributed by atoms with Gasteiger partial charge in [-0.05, 0) is 13.3 Å². The van der Waals surface area contributed by atoms with Gasteiger partial charge < -0.3 is 10.1 Å². The lowest BCUT2D eigenvalue weighted by atomic mass is 10.2. The smallest absolute Gasteiger partial charge is 0.309 e. The Labute approximate surface area is 79.2 Å². The zero-order valence-corrected chi connectivity index (χ0v) is 8.08. The maximum atomic E-state index is 10.00. The van der Waals surface area contributed by atoms with E-state index in [0.29, 0.717) is 0 Å². The van der Waals surface area contributed by atoms with Crippen LogP contribution in [0.15, 0.2) is 0 Å². The van der Waals surface area contributed by atoms with Gasteiger partial charge >= 0.3 is 6.41 Å². The van der Waals surface area contributed by atoms with Crippen LogP contribution in [-0.2, 0) is 9.53 Å². The van der Waals surface area contributed by atoms with Crippen LogP contribution >= 0.6 is 0 Å². The molecule has 0 aromatic carbocycles. The summed E-state index contributed by atoms with van der Waals surface area (Å²) in [4.78, 5) is 12.4. The minimum atomic E-state index is 0.223. The molecule has 1 amide bonds. The zero-order valence-electron chi connectivity index (χ0n) is 8.08. The summed E-state index contributed by atoms with van der Waals surface area (Å²) in [6.07, 6.45) is 2.69. The first kappa shape index (κ1) is 10.5. The highest BCUT2D eigenvalue weighted by molar-refractivity contribution is 5.47. The van der Waals surface area contributed by atoms with E-state index < -0.39 is 0 Å². The summed E-state index contributed by atoms with van der Waals surface area (Å²) >= 11 is 0. The van der Waals surface area contributed by atoms with Gasteiger partial charge in [-0.3, -0.25) is 9.69 Å². The zero-order chi connectivity index (χ0) is 9.52. The summed E-state index contributed by atoms with van der Waals surface area (Å²) in [5.41, 5.74) is 0. The van der Waals surface area contributed by atoms with Crippen molar-refractivity contribution in [2.24, 2.45) is 0 Å². The molecule has 1 radical (unpaired) electrons. The third-order valence-electron chi connectivity index (χ3n) is 2.29. The molecular weight excluding hydrogens is 168 g/mol. The van der Waals surface area contributed by atoms with Crippen LogP contribution in [-0.4, -0.2) is 50.2 Å². The van der Waals surface area contributed by atoms with Crippen molar-refractivity contribution in [3.63, 3.8) is 0 Å². The number of hydrogen-bond donors (Lipinski definition) is 1. The number of morpholine rings is 1. The van der Waals surface area contributed by atoms with E-state index in [2.05, 4.69) is 10.2 Å². The second-order valence-electron chi connectivity index (χ2n) is 3.39. The van der Waals surface area contributed by atoms with E-state index in [9.17, 15) is 4.79 Å². The highest BCUT2D eigenvalue weighted by Crippen LogP contribution is 1.99. The Morgan fingerprint density at radius 1 is 1.54 bits per heavy atom. The van der Waals surface area contributed by atoms with Gasteiger partial charge in [-0.15, -0.1) is 0 Å². The van der Waals surface area contributed by atoms with Crippen molar-refractivity contribution in [2.45, 2.75) is 19.4 Å². The summed E-state index contributed by atoms with van der Waals surface area (Å²) in [7, 11) is 0. The molecule has 4 heteroatoms. The van der Waals surface area contributed by atoms with E-state index in [-0.39, 0.29) is 6.04 Å². The number of nitrogens with one attached hydrogen (secondary N) is 1. The van der Waals surface area contributed by atoms with Gasteiger partial charge in [-0.25, -0.2) is 0 Å². The fourth-order valence-corrected chi connectivity index (χ4v) is 1.37. The van der Waals surface area contributed by atoms with Crippen LogP contribution in [0.5, 0.6) is 0 Å². The Kier molecular flexibility index (Phi) is 4.78. The van der Waals surface area contributed by atoms with Crippen LogP contribution in [0.4, 0.5) is 0 Å². The molecule has 1 aliphatic rings. The average molecular weight is 185 g/mol. The molecule has 1 unspecified atom stereocenters. The van der Waals surface area contributed by atoms with Crippen LogP contribution in [0.25, 0.3) is 0 Å². The van der Waals surface area contributed by atoms with Gasteiger partial charge in [0.1, 0.15) is 0 Å². The largest absolute Gasteiger partial charge is 0.379 e. The van der Waals surface area contributed by atoms with E-state index in [1.54, 1.807) is 6.41 Å². The van der Waals surface area contributed by atoms with E-state index in [1.165, 1.54) is 0 Å². The van der Waals surface area contributed by atoms with Crippen LogP contribution in [0.2, 0.25) is 0 Å². The van der Waals surface area contributed by atoms with E-state index in [4.69, 9.17) is 4.74 Å². The average Bonchev–Trinajstić information content (AvgIpc) is 2.17. The number of ether oxygens (including phenoxy) is 1. The molecule has 4 nitrogen and oxygen atoms in total. The van der Waals surface area contributed by atoms with Gasteiger partial charge in [-0.2, -0.15) is 0 Å². The van der Waals surface area contributed by atoms with Crippen molar-refractivity contribution in [1.82, 2.24) is 10.2 Å². The monoisotopic (exact) mass is 185 g/mol. The number of carbonyl (C=O) groups excluding carboxylic acids is 1. The Bertz CT molecular complexity index is 147. The Balaban J connectivity index is 2.06. The number of hydrogen-bond acceptors (Lipinski definition) is 3. The van der Waals surface area contributed by atoms with Crippen molar-refractivity contribution in [1.29, 1.82) is 0 Å². The molecule has 1 saturated heterocycles. The minimum Gasteiger partial charge on any atom is -0.379 e. The summed E-state index contributed by atoms with van der Waals surface area (Å²) in [5.74, 6) is 0. The van der Waals surface area contributed by atoms with E-state index in [0.717, 1.165) is 39.3 Å². The maximum absolute atomic E-state index is 10.00. The van der Waals surface area contributed by atoms with Crippen LogP contribution < -0.4 is 5.32 Å². The molecule has 0 aromatic rings. The molecular formula is C9H17N2O2. The summed E-state index contributed by atoms with van der Waals surface area (Å²) in [5, 5.41) is 2.62. The number of rotatable bonds is 5. The molecule has 1 aliphatic heterocycles.